The first-order valence-electron chi connectivity index (χ1n) is 9.61. The van der Waals surface area contributed by atoms with Crippen molar-refractivity contribution in [2.75, 3.05) is 6.79 Å². The highest BCUT2D eigenvalue weighted by Gasteiger charge is 2.17. The Morgan fingerprint density at radius 3 is 2.37 bits per heavy atom. The molecule has 4 nitrogen and oxygen atoms in total. The molecule has 0 amide bonds. The molecule has 150 valence electrons. The zero-order chi connectivity index (χ0) is 20.5. The number of fused-ring (bicyclic) bond motifs is 2. The lowest BCUT2D eigenvalue weighted by molar-refractivity contribution is 0.174. The molecular formula is C24H18F2N2O2. The van der Waals surface area contributed by atoms with Gasteiger partial charge in [0.05, 0.1) is 11.2 Å². The quantitative estimate of drug-likeness (QED) is 0.497. The summed E-state index contributed by atoms with van der Waals surface area (Å²) in [5, 5.41) is 4.20. The fraction of sp³-hybridized carbons (Fsp3) is 0.125. The number of nitrogens with one attached hydrogen (secondary N) is 1. The first kappa shape index (κ1) is 18.5. The summed E-state index contributed by atoms with van der Waals surface area (Å²) in [6.07, 6.45) is 0. The van der Waals surface area contributed by atoms with E-state index in [1.54, 1.807) is 24.3 Å². The van der Waals surface area contributed by atoms with Crippen molar-refractivity contribution in [1.29, 1.82) is 0 Å². The van der Waals surface area contributed by atoms with Gasteiger partial charge in [0.1, 0.15) is 11.6 Å². The van der Waals surface area contributed by atoms with Crippen LogP contribution in [0.5, 0.6) is 11.5 Å². The number of rotatable bonds is 5. The smallest absolute Gasteiger partial charge is 0.231 e. The third-order valence-corrected chi connectivity index (χ3v) is 5.09. The normalized spacial score (nSPS) is 12.5. The van der Waals surface area contributed by atoms with Crippen LogP contribution in [0.1, 0.15) is 11.1 Å². The Morgan fingerprint density at radius 2 is 1.57 bits per heavy atom. The van der Waals surface area contributed by atoms with Crippen LogP contribution in [0.2, 0.25) is 0 Å². The highest BCUT2D eigenvalue weighted by molar-refractivity contribution is 5.86. The van der Waals surface area contributed by atoms with Crippen molar-refractivity contribution in [3.63, 3.8) is 0 Å². The summed E-state index contributed by atoms with van der Waals surface area (Å²) in [6, 6.07) is 18.7. The lowest BCUT2D eigenvalue weighted by atomic mass is 10.0. The minimum Gasteiger partial charge on any atom is -0.454 e. The van der Waals surface area contributed by atoms with Gasteiger partial charge < -0.3 is 14.8 Å². The number of ether oxygens (including phenoxy) is 2. The Balaban J connectivity index is 1.52. The molecule has 0 radical (unpaired) electrons. The highest BCUT2D eigenvalue weighted by Crippen LogP contribution is 2.37. The largest absolute Gasteiger partial charge is 0.454 e. The molecule has 5 rings (SSSR count). The van der Waals surface area contributed by atoms with Crippen LogP contribution in [0.15, 0.2) is 66.7 Å². The standard InChI is InChI=1S/C24H18F2N2O2/c25-19-7-5-15(6-8-19)24-18(13-27-12-16-3-1-2-4-20(16)26)9-17-10-22-23(30-14-29-22)11-21(17)28-24/h1-11,27H,12-14H2. The molecule has 0 unspecified atom stereocenters. The number of benzene rings is 3. The lowest BCUT2D eigenvalue weighted by Gasteiger charge is -2.13. The number of pyridine rings is 1. The SMILES string of the molecule is Fc1ccc(-c2nc3cc4c(cc3cc2CNCc2ccccc2F)OCO4)cc1. The van der Waals surface area contributed by atoms with E-state index in [1.807, 2.05) is 24.3 Å². The second-order valence-electron chi connectivity index (χ2n) is 7.10. The molecule has 1 aromatic heterocycles. The summed E-state index contributed by atoms with van der Waals surface area (Å²) in [4.78, 5) is 4.82. The third kappa shape index (κ3) is 3.57. The van der Waals surface area contributed by atoms with Crippen molar-refractivity contribution in [3.8, 4) is 22.8 Å². The van der Waals surface area contributed by atoms with Gasteiger partial charge in [0.2, 0.25) is 6.79 Å². The van der Waals surface area contributed by atoms with E-state index in [1.165, 1.54) is 18.2 Å². The molecule has 1 aliphatic rings. The van der Waals surface area contributed by atoms with Gasteiger partial charge in [-0.2, -0.15) is 0 Å². The van der Waals surface area contributed by atoms with E-state index in [0.717, 1.165) is 27.7 Å². The lowest BCUT2D eigenvalue weighted by Crippen LogP contribution is -2.15. The summed E-state index contributed by atoms with van der Waals surface area (Å²) in [5.41, 5.74) is 3.82. The number of hydrogen-bond acceptors (Lipinski definition) is 4. The topological polar surface area (TPSA) is 43.4 Å². The van der Waals surface area contributed by atoms with Crippen LogP contribution in [0.3, 0.4) is 0 Å². The van der Waals surface area contributed by atoms with Crippen molar-refractivity contribution in [3.05, 3.63) is 89.5 Å². The first-order chi connectivity index (χ1) is 14.7. The fourth-order valence-electron chi connectivity index (χ4n) is 3.57. The monoisotopic (exact) mass is 404 g/mol. The molecule has 4 aromatic rings. The molecule has 6 heteroatoms. The average molecular weight is 404 g/mol. The summed E-state index contributed by atoms with van der Waals surface area (Å²) < 4.78 is 38.3. The van der Waals surface area contributed by atoms with Crippen LogP contribution in [0, 0.1) is 11.6 Å². The van der Waals surface area contributed by atoms with E-state index >= 15 is 0 Å². The van der Waals surface area contributed by atoms with Gasteiger partial charge in [-0.3, -0.25) is 0 Å². The number of aromatic nitrogens is 1. The van der Waals surface area contributed by atoms with Gasteiger partial charge in [-0.05, 0) is 48.0 Å². The third-order valence-electron chi connectivity index (χ3n) is 5.09. The predicted octanol–water partition coefficient (Wildman–Crippen LogP) is 5.20. The zero-order valence-corrected chi connectivity index (χ0v) is 16.0. The summed E-state index contributed by atoms with van der Waals surface area (Å²) in [5.74, 6) is 0.796. The predicted molar refractivity (Wildman–Crippen MR) is 110 cm³/mol. The molecule has 0 saturated heterocycles. The number of halogens is 2. The Hall–Kier alpha value is -3.51. The Bertz CT molecular complexity index is 1230. The molecule has 3 aromatic carbocycles. The van der Waals surface area contributed by atoms with Gasteiger partial charge in [-0.15, -0.1) is 0 Å². The summed E-state index contributed by atoms with van der Waals surface area (Å²) in [7, 11) is 0. The summed E-state index contributed by atoms with van der Waals surface area (Å²) >= 11 is 0. The molecule has 0 aliphatic carbocycles. The summed E-state index contributed by atoms with van der Waals surface area (Å²) in [6.45, 7) is 1.04. The number of nitrogens with zero attached hydrogens (tertiary/aromatic N) is 1. The molecular weight excluding hydrogens is 386 g/mol. The van der Waals surface area contributed by atoms with Crippen LogP contribution in [0.4, 0.5) is 8.78 Å². The maximum absolute atomic E-state index is 13.9. The van der Waals surface area contributed by atoms with Gasteiger partial charge in [0, 0.05) is 35.7 Å². The zero-order valence-electron chi connectivity index (χ0n) is 16.0. The van der Waals surface area contributed by atoms with E-state index in [0.29, 0.717) is 30.2 Å². The van der Waals surface area contributed by atoms with Gasteiger partial charge in [0.25, 0.3) is 0 Å². The van der Waals surface area contributed by atoms with Gasteiger partial charge in [0.15, 0.2) is 11.5 Å². The fourth-order valence-corrected chi connectivity index (χ4v) is 3.57. The molecule has 0 bridgehead atoms. The van der Waals surface area contributed by atoms with Crippen LogP contribution in [-0.2, 0) is 13.1 Å². The molecule has 0 saturated carbocycles. The molecule has 1 aliphatic heterocycles. The maximum Gasteiger partial charge on any atom is 0.231 e. The minimum absolute atomic E-state index is 0.188. The average Bonchev–Trinajstić information content (AvgIpc) is 3.21. The molecule has 0 fully saturated rings. The minimum atomic E-state index is -0.304. The van der Waals surface area contributed by atoms with Crippen molar-refractivity contribution in [2.45, 2.75) is 13.1 Å². The molecule has 0 spiro atoms. The number of hydrogen-bond donors (Lipinski definition) is 1. The van der Waals surface area contributed by atoms with E-state index < -0.39 is 0 Å². The van der Waals surface area contributed by atoms with Crippen molar-refractivity contribution < 1.29 is 18.3 Å². The van der Waals surface area contributed by atoms with Crippen LogP contribution in [-0.4, -0.2) is 11.8 Å². The second-order valence-corrected chi connectivity index (χ2v) is 7.10. The van der Waals surface area contributed by atoms with Gasteiger partial charge in [-0.25, -0.2) is 13.8 Å². The first-order valence-corrected chi connectivity index (χ1v) is 9.61. The molecule has 30 heavy (non-hydrogen) atoms. The van der Waals surface area contributed by atoms with Crippen LogP contribution in [0.25, 0.3) is 22.2 Å². The second kappa shape index (κ2) is 7.72. The Kier molecular flexibility index (Phi) is 4.77. The molecule has 2 heterocycles. The van der Waals surface area contributed by atoms with E-state index in [4.69, 9.17) is 14.5 Å². The van der Waals surface area contributed by atoms with Crippen molar-refractivity contribution >= 4 is 10.9 Å². The van der Waals surface area contributed by atoms with Gasteiger partial charge in [-0.1, -0.05) is 18.2 Å². The van der Waals surface area contributed by atoms with Crippen molar-refractivity contribution in [2.24, 2.45) is 0 Å². The maximum atomic E-state index is 13.9. The highest BCUT2D eigenvalue weighted by atomic mass is 19.1. The van der Waals surface area contributed by atoms with E-state index in [9.17, 15) is 8.78 Å². The molecule has 0 atom stereocenters. The molecule has 1 N–H and O–H groups in total. The van der Waals surface area contributed by atoms with E-state index in [-0.39, 0.29) is 18.4 Å². The van der Waals surface area contributed by atoms with E-state index in [2.05, 4.69) is 5.32 Å². The van der Waals surface area contributed by atoms with Crippen LogP contribution >= 0.6 is 0 Å². The van der Waals surface area contributed by atoms with Gasteiger partial charge >= 0.3 is 0 Å². The van der Waals surface area contributed by atoms with Crippen LogP contribution < -0.4 is 14.8 Å². The Morgan fingerprint density at radius 1 is 0.833 bits per heavy atom. The Labute approximate surface area is 172 Å². The van der Waals surface area contributed by atoms with Crippen molar-refractivity contribution in [1.82, 2.24) is 10.3 Å².